The van der Waals surface area contributed by atoms with E-state index in [4.69, 9.17) is 11.6 Å². The minimum Gasteiger partial charge on any atom is -0.322 e. The zero-order valence-corrected chi connectivity index (χ0v) is 21.0. The van der Waals surface area contributed by atoms with Crippen molar-refractivity contribution in [3.05, 3.63) is 80.7 Å². The molecule has 0 aliphatic heterocycles. The van der Waals surface area contributed by atoms with Crippen molar-refractivity contribution in [3.8, 4) is 0 Å². The Morgan fingerprint density at radius 2 is 1.70 bits per heavy atom. The Morgan fingerprint density at radius 3 is 2.36 bits per heavy atom. The van der Waals surface area contributed by atoms with E-state index in [-0.39, 0.29) is 17.2 Å². The molecule has 0 unspecified atom stereocenters. The molecule has 1 aromatic heterocycles. The summed E-state index contributed by atoms with van der Waals surface area (Å²) >= 11 is 7.53. The molecule has 1 aliphatic carbocycles. The summed E-state index contributed by atoms with van der Waals surface area (Å²) in [4.78, 5) is 27.7. The second-order valence-corrected chi connectivity index (χ2v) is 11.3. The number of carbonyl (C=O) groups excluding carboxylic acids is 2. The van der Waals surface area contributed by atoms with Crippen LogP contribution in [0.15, 0.2) is 48.5 Å². The van der Waals surface area contributed by atoms with E-state index in [2.05, 4.69) is 31.4 Å². The number of amides is 2. The van der Waals surface area contributed by atoms with Gasteiger partial charge < -0.3 is 10.6 Å². The molecule has 3 aromatic rings. The molecule has 2 N–H and O–H groups in total. The number of halogens is 1. The van der Waals surface area contributed by atoms with Crippen molar-refractivity contribution in [2.45, 2.75) is 47.0 Å². The minimum atomic E-state index is -0.205. The third-order valence-corrected chi connectivity index (χ3v) is 7.86. The van der Waals surface area contributed by atoms with Crippen LogP contribution in [0.5, 0.6) is 0 Å². The standard InChI is InChI=1S/C27H29ClN2O2S/c1-16-7-5-6-8-20(16)24(31)30-26-23(25(32)29-19-12-10-18(28)11-13-19)21-14-9-17(27(2,3)4)15-22(21)33-26/h5-8,10-13,17H,9,14-15H2,1-4H3,(H,29,32)(H,30,31)/t17-/m0/s1. The van der Waals surface area contributed by atoms with Crippen molar-refractivity contribution in [2.24, 2.45) is 11.3 Å². The number of nitrogens with one attached hydrogen (secondary N) is 2. The third kappa shape index (κ3) is 5.15. The molecule has 33 heavy (non-hydrogen) atoms. The van der Waals surface area contributed by atoms with Gasteiger partial charge in [-0.05, 0) is 79.0 Å². The maximum atomic E-state index is 13.4. The highest BCUT2D eigenvalue weighted by atomic mass is 35.5. The SMILES string of the molecule is Cc1ccccc1C(=O)Nc1sc2c(c1C(=O)Nc1ccc(Cl)cc1)CC[C@H](C(C)(C)C)C2. The fourth-order valence-electron chi connectivity index (χ4n) is 4.38. The summed E-state index contributed by atoms with van der Waals surface area (Å²) in [5, 5.41) is 7.27. The fourth-order valence-corrected chi connectivity index (χ4v) is 5.82. The van der Waals surface area contributed by atoms with E-state index in [9.17, 15) is 9.59 Å². The Hall–Kier alpha value is -2.63. The number of benzene rings is 2. The molecule has 4 nitrogen and oxygen atoms in total. The highest BCUT2D eigenvalue weighted by Crippen LogP contribution is 2.44. The first-order valence-corrected chi connectivity index (χ1v) is 12.4. The maximum Gasteiger partial charge on any atom is 0.258 e. The number of thiophene rings is 1. The number of fused-ring (bicyclic) bond motifs is 1. The van der Waals surface area contributed by atoms with E-state index in [0.29, 0.717) is 32.8 Å². The number of rotatable bonds is 4. The van der Waals surface area contributed by atoms with Crippen molar-refractivity contribution < 1.29 is 9.59 Å². The van der Waals surface area contributed by atoms with Crippen molar-refractivity contribution in [1.82, 2.24) is 0 Å². The molecule has 1 heterocycles. The predicted molar refractivity (Wildman–Crippen MR) is 138 cm³/mol. The normalized spacial score (nSPS) is 15.6. The lowest BCUT2D eigenvalue weighted by Crippen LogP contribution is -2.27. The van der Waals surface area contributed by atoms with Crippen molar-refractivity contribution in [3.63, 3.8) is 0 Å². The molecule has 1 aliphatic rings. The van der Waals surface area contributed by atoms with Gasteiger partial charge in [-0.15, -0.1) is 11.3 Å². The number of aryl methyl sites for hydroxylation is 1. The van der Waals surface area contributed by atoms with Gasteiger partial charge in [0, 0.05) is 21.2 Å². The predicted octanol–water partition coefficient (Wildman–Crippen LogP) is 7.37. The molecule has 2 amide bonds. The average Bonchev–Trinajstić information content (AvgIpc) is 3.12. The van der Waals surface area contributed by atoms with E-state index in [0.717, 1.165) is 30.4 Å². The minimum absolute atomic E-state index is 0.192. The Labute approximate surface area is 204 Å². The highest BCUT2D eigenvalue weighted by molar-refractivity contribution is 7.17. The number of anilines is 2. The van der Waals surface area contributed by atoms with Gasteiger partial charge in [-0.25, -0.2) is 0 Å². The molecule has 0 saturated carbocycles. The number of hydrogen-bond acceptors (Lipinski definition) is 3. The molecule has 0 fully saturated rings. The van der Waals surface area contributed by atoms with Crippen LogP contribution in [0.1, 0.15) is 63.9 Å². The number of hydrogen-bond donors (Lipinski definition) is 2. The van der Waals surface area contributed by atoms with Crippen LogP contribution in [0, 0.1) is 18.3 Å². The van der Waals surface area contributed by atoms with E-state index >= 15 is 0 Å². The van der Waals surface area contributed by atoms with Crippen LogP contribution in [0.4, 0.5) is 10.7 Å². The van der Waals surface area contributed by atoms with Crippen LogP contribution in [-0.2, 0) is 12.8 Å². The second kappa shape index (κ2) is 9.32. The second-order valence-electron chi connectivity index (χ2n) is 9.74. The summed E-state index contributed by atoms with van der Waals surface area (Å²) in [5.74, 6) is 0.138. The average molecular weight is 481 g/mol. The zero-order valence-electron chi connectivity index (χ0n) is 19.4. The lowest BCUT2D eigenvalue weighted by molar-refractivity contribution is 0.102. The van der Waals surface area contributed by atoms with Crippen LogP contribution >= 0.6 is 22.9 Å². The Kier molecular flexibility index (Phi) is 6.64. The summed E-state index contributed by atoms with van der Waals surface area (Å²) in [7, 11) is 0. The van der Waals surface area contributed by atoms with Crippen LogP contribution < -0.4 is 10.6 Å². The first kappa shape index (κ1) is 23.5. The zero-order chi connectivity index (χ0) is 23.8. The summed E-state index contributed by atoms with van der Waals surface area (Å²) in [6, 6.07) is 14.5. The molecule has 0 bridgehead atoms. The van der Waals surface area contributed by atoms with Gasteiger partial charge in [-0.2, -0.15) is 0 Å². The Balaban J connectivity index is 1.69. The van der Waals surface area contributed by atoms with Gasteiger partial charge in [-0.1, -0.05) is 50.6 Å². The van der Waals surface area contributed by atoms with E-state index in [1.54, 1.807) is 30.3 Å². The van der Waals surface area contributed by atoms with E-state index in [1.165, 1.54) is 16.2 Å². The molecule has 1 atom stereocenters. The van der Waals surface area contributed by atoms with Crippen molar-refractivity contribution in [1.29, 1.82) is 0 Å². The summed E-state index contributed by atoms with van der Waals surface area (Å²) in [5.41, 5.74) is 4.02. The fraction of sp³-hybridized carbons (Fsp3) is 0.333. The molecule has 172 valence electrons. The quantitative estimate of drug-likeness (QED) is 0.409. The first-order valence-electron chi connectivity index (χ1n) is 11.2. The van der Waals surface area contributed by atoms with E-state index in [1.807, 2.05) is 25.1 Å². The maximum absolute atomic E-state index is 13.4. The molecule has 0 saturated heterocycles. The first-order chi connectivity index (χ1) is 15.6. The molecule has 4 rings (SSSR count). The largest absolute Gasteiger partial charge is 0.322 e. The highest BCUT2D eigenvalue weighted by Gasteiger charge is 2.34. The van der Waals surface area contributed by atoms with Crippen LogP contribution in [0.25, 0.3) is 0 Å². The number of carbonyl (C=O) groups is 2. The van der Waals surface area contributed by atoms with Crippen LogP contribution in [0.3, 0.4) is 0 Å². The van der Waals surface area contributed by atoms with Gasteiger partial charge in [0.25, 0.3) is 11.8 Å². The van der Waals surface area contributed by atoms with Gasteiger partial charge in [-0.3, -0.25) is 9.59 Å². The Bertz CT molecular complexity index is 1190. The Morgan fingerprint density at radius 1 is 1.00 bits per heavy atom. The molecule has 6 heteroatoms. The summed E-state index contributed by atoms with van der Waals surface area (Å²) < 4.78 is 0. The summed E-state index contributed by atoms with van der Waals surface area (Å²) in [6.07, 6.45) is 2.78. The van der Waals surface area contributed by atoms with Crippen LogP contribution in [0.2, 0.25) is 5.02 Å². The molecule has 0 radical (unpaired) electrons. The van der Waals surface area contributed by atoms with E-state index < -0.39 is 0 Å². The van der Waals surface area contributed by atoms with Crippen molar-refractivity contribution >= 4 is 45.4 Å². The molecular weight excluding hydrogens is 452 g/mol. The van der Waals surface area contributed by atoms with Gasteiger partial charge in [0.05, 0.1) is 5.56 Å². The van der Waals surface area contributed by atoms with Gasteiger partial charge in [0.1, 0.15) is 5.00 Å². The topological polar surface area (TPSA) is 58.2 Å². The molecule has 0 spiro atoms. The van der Waals surface area contributed by atoms with Crippen LogP contribution in [-0.4, -0.2) is 11.8 Å². The smallest absolute Gasteiger partial charge is 0.258 e. The van der Waals surface area contributed by atoms with Crippen molar-refractivity contribution in [2.75, 3.05) is 10.6 Å². The summed E-state index contributed by atoms with van der Waals surface area (Å²) in [6.45, 7) is 8.72. The monoisotopic (exact) mass is 480 g/mol. The van der Waals surface area contributed by atoms with Gasteiger partial charge in [0.15, 0.2) is 0 Å². The van der Waals surface area contributed by atoms with Gasteiger partial charge >= 0.3 is 0 Å². The lowest BCUT2D eigenvalue weighted by Gasteiger charge is -2.33. The molecule has 2 aromatic carbocycles. The third-order valence-electron chi connectivity index (χ3n) is 6.44. The molecular formula is C27H29ClN2O2S. The van der Waals surface area contributed by atoms with Gasteiger partial charge in [0.2, 0.25) is 0 Å². The lowest BCUT2D eigenvalue weighted by atomic mass is 9.72.